The third-order valence-corrected chi connectivity index (χ3v) is 3.91. The highest BCUT2D eigenvalue weighted by Crippen LogP contribution is 2.17. The first-order chi connectivity index (χ1) is 9.15. The molecular weight excluding hydrogens is 236 g/mol. The van der Waals surface area contributed by atoms with Crippen molar-refractivity contribution < 1.29 is 4.79 Å². The number of rotatable bonds is 4. The first-order valence-electron chi connectivity index (χ1n) is 7.17. The van der Waals surface area contributed by atoms with Crippen molar-refractivity contribution in [2.45, 2.75) is 45.2 Å². The fraction of sp³-hybridized carbons (Fsp3) is 0.562. The van der Waals surface area contributed by atoms with E-state index < -0.39 is 0 Å². The first kappa shape index (κ1) is 14.1. The number of likely N-dealkylation sites (tertiary alicyclic amines) is 1. The van der Waals surface area contributed by atoms with Gasteiger partial charge in [-0.1, -0.05) is 36.2 Å². The standard InChI is InChI=1S/C16H24N2O/c1-13-6-5-7-14(10-13)12-17-16(19)11-15-8-3-4-9-18(15)2/h5-7,10,15H,3-4,8-9,11-12H2,1-2H3,(H,17,19). The molecule has 1 heterocycles. The second-order valence-electron chi connectivity index (χ2n) is 5.60. The smallest absolute Gasteiger partial charge is 0.221 e. The van der Waals surface area contributed by atoms with Gasteiger partial charge in [-0.2, -0.15) is 0 Å². The molecule has 1 aliphatic rings. The number of hydrogen-bond acceptors (Lipinski definition) is 2. The maximum Gasteiger partial charge on any atom is 0.221 e. The molecule has 1 amide bonds. The molecule has 0 aliphatic carbocycles. The Labute approximate surface area is 116 Å². The van der Waals surface area contributed by atoms with Crippen molar-refractivity contribution in [3.63, 3.8) is 0 Å². The number of piperidine rings is 1. The van der Waals surface area contributed by atoms with E-state index in [4.69, 9.17) is 0 Å². The normalized spacial score (nSPS) is 20.2. The van der Waals surface area contributed by atoms with Crippen LogP contribution >= 0.6 is 0 Å². The van der Waals surface area contributed by atoms with Gasteiger partial charge >= 0.3 is 0 Å². The van der Waals surface area contributed by atoms with Crippen molar-refractivity contribution in [2.24, 2.45) is 0 Å². The van der Waals surface area contributed by atoms with Gasteiger partial charge in [0.1, 0.15) is 0 Å². The summed E-state index contributed by atoms with van der Waals surface area (Å²) in [6, 6.07) is 8.70. The number of carbonyl (C=O) groups is 1. The summed E-state index contributed by atoms with van der Waals surface area (Å²) in [4.78, 5) is 14.3. The molecule has 2 rings (SSSR count). The SMILES string of the molecule is Cc1cccc(CNC(=O)CC2CCCCN2C)c1. The molecule has 0 spiro atoms. The number of benzene rings is 1. The molecule has 0 bridgehead atoms. The Morgan fingerprint density at radius 3 is 3.00 bits per heavy atom. The third kappa shape index (κ3) is 4.35. The molecule has 1 saturated heterocycles. The van der Waals surface area contributed by atoms with Crippen LogP contribution in [0.5, 0.6) is 0 Å². The Kier molecular flexibility index (Phi) is 4.97. The van der Waals surface area contributed by atoms with E-state index in [0.717, 1.165) is 13.0 Å². The Bertz CT molecular complexity index is 431. The fourth-order valence-corrected chi connectivity index (χ4v) is 2.71. The Hall–Kier alpha value is -1.35. The van der Waals surface area contributed by atoms with Crippen LogP contribution in [0.3, 0.4) is 0 Å². The minimum absolute atomic E-state index is 0.167. The number of nitrogens with zero attached hydrogens (tertiary/aromatic N) is 1. The third-order valence-electron chi connectivity index (χ3n) is 3.91. The minimum Gasteiger partial charge on any atom is -0.352 e. The van der Waals surface area contributed by atoms with Gasteiger partial charge in [0.05, 0.1) is 0 Å². The summed E-state index contributed by atoms with van der Waals surface area (Å²) in [6.45, 7) is 3.83. The topological polar surface area (TPSA) is 32.3 Å². The highest BCUT2D eigenvalue weighted by atomic mass is 16.1. The quantitative estimate of drug-likeness (QED) is 0.902. The van der Waals surface area contributed by atoms with E-state index >= 15 is 0 Å². The number of nitrogens with one attached hydrogen (secondary N) is 1. The van der Waals surface area contributed by atoms with Crippen LogP contribution in [-0.4, -0.2) is 30.4 Å². The summed E-state index contributed by atoms with van der Waals surface area (Å²) in [5.41, 5.74) is 2.41. The lowest BCUT2D eigenvalue weighted by atomic mass is 10.00. The van der Waals surface area contributed by atoms with Crippen LogP contribution < -0.4 is 5.32 Å². The summed E-state index contributed by atoms with van der Waals surface area (Å²) in [6.07, 6.45) is 4.29. The highest BCUT2D eigenvalue weighted by Gasteiger charge is 2.21. The Morgan fingerprint density at radius 1 is 1.42 bits per heavy atom. The van der Waals surface area contributed by atoms with Crippen LogP contribution in [0, 0.1) is 6.92 Å². The van der Waals surface area contributed by atoms with Gasteiger partial charge in [-0.25, -0.2) is 0 Å². The highest BCUT2D eigenvalue weighted by molar-refractivity contribution is 5.76. The molecule has 3 nitrogen and oxygen atoms in total. The van der Waals surface area contributed by atoms with Crippen molar-refractivity contribution in [1.29, 1.82) is 0 Å². The molecule has 1 unspecified atom stereocenters. The molecule has 1 atom stereocenters. The van der Waals surface area contributed by atoms with Gasteiger partial charge in [0, 0.05) is 19.0 Å². The van der Waals surface area contributed by atoms with Gasteiger partial charge in [0.2, 0.25) is 5.91 Å². The van der Waals surface area contributed by atoms with Gasteiger partial charge in [-0.15, -0.1) is 0 Å². The molecule has 1 N–H and O–H groups in total. The van der Waals surface area contributed by atoms with E-state index in [9.17, 15) is 4.79 Å². The maximum atomic E-state index is 12.0. The molecule has 1 fully saturated rings. The molecule has 19 heavy (non-hydrogen) atoms. The lowest BCUT2D eigenvalue weighted by Gasteiger charge is -2.31. The molecule has 1 aromatic carbocycles. The monoisotopic (exact) mass is 260 g/mol. The van der Waals surface area contributed by atoms with E-state index in [0.29, 0.717) is 19.0 Å². The zero-order valence-electron chi connectivity index (χ0n) is 12.0. The average Bonchev–Trinajstić information content (AvgIpc) is 2.39. The van der Waals surface area contributed by atoms with Crippen LogP contribution in [0.1, 0.15) is 36.8 Å². The van der Waals surface area contributed by atoms with Crippen molar-refractivity contribution >= 4 is 5.91 Å². The van der Waals surface area contributed by atoms with E-state index in [1.165, 1.54) is 24.0 Å². The van der Waals surface area contributed by atoms with Crippen molar-refractivity contribution in [2.75, 3.05) is 13.6 Å². The summed E-state index contributed by atoms with van der Waals surface area (Å²) < 4.78 is 0. The Morgan fingerprint density at radius 2 is 2.26 bits per heavy atom. The van der Waals surface area contributed by atoms with Crippen LogP contribution in [0.4, 0.5) is 0 Å². The molecular formula is C16H24N2O. The largest absolute Gasteiger partial charge is 0.352 e. The van der Waals surface area contributed by atoms with E-state index in [-0.39, 0.29) is 5.91 Å². The lowest BCUT2D eigenvalue weighted by molar-refractivity contribution is -0.122. The maximum absolute atomic E-state index is 12.0. The Balaban J connectivity index is 1.78. The zero-order valence-corrected chi connectivity index (χ0v) is 12.0. The average molecular weight is 260 g/mol. The van der Waals surface area contributed by atoms with Gasteiger partial charge in [0.15, 0.2) is 0 Å². The second kappa shape index (κ2) is 6.71. The van der Waals surface area contributed by atoms with Crippen LogP contribution in [0.25, 0.3) is 0 Å². The lowest BCUT2D eigenvalue weighted by Crippen LogP contribution is -2.40. The molecule has 1 aromatic rings. The molecule has 0 aromatic heterocycles. The predicted octanol–water partition coefficient (Wildman–Crippen LogP) is 2.49. The van der Waals surface area contributed by atoms with E-state index in [1.807, 2.05) is 6.07 Å². The number of hydrogen-bond donors (Lipinski definition) is 1. The van der Waals surface area contributed by atoms with E-state index in [1.54, 1.807) is 0 Å². The molecule has 1 aliphatic heterocycles. The molecule has 0 radical (unpaired) electrons. The number of carbonyl (C=O) groups excluding carboxylic acids is 1. The van der Waals surface area contributed by atoms with Gasteiger partial charge in [0.25, 0.3) is 0 Å². The van der Waals surface area contributed by atoms with Gasteiger partial charge in [-0.3, -0.25) is 4.79 Å². The number of amides is 1. The van der Waals surface area contributed by atoms with Crippen molar-refractivity contribution in [1.82, 2.24) is 10.2 Å². The van der Waals surface area contributed by atoms with Crippen LogP contribution in [0.2, 0.25) is 0 Å². The zero-order chi connectivity index (χ0) is 13.7. The molecule has 104 valence electrons. The van der Waals surface area contributed by atoms with Crippen molar-refractivity contribution in [3.8, 4) is 0 Å². The first-order valence-corrected chi connectivity index (χ1v) is 7.17. The van der Waals surface area contributed by atoms with E-state index in [2.05, 4.69) is 42.4 Å². The van der Waals surface area contributed by atoms with Crippen molar-refractivity contribution in [3.05, 3.63) is 35.4 Å². The molecule has 0 saturated carbocycles. The predicted molar refractivity (Wildman–Crippen MR) is 77.9 cm³/mol. The van der Waals surface area contributed by atoms with Gasteiger partial charge in [-0.05, 0) is 38.9 Å². The minimum atomic E-state index is 0.167. The summed E-state index contributed by atoms with van der Waals surface area (Å²) in [5.74, 6) is 0.167. The van der Waals surface area contributed by atoms with Crippen LogP contribution in [0.15, 0.2) is 24.3 Å². The molecule has 3 heteroatoms. The second-order valence-corrected chi connectivity index (χ2v) is 5.60. The summed E-state index contributed by atoms with van der Waals surface area (Å²) in [5, 5.41) is 3.03. The number of aryl methyl sites for hydroxylation is 1. The van der Waals surface area contributed by atoms with Gasteiger partial charge < -0.3 is 10.2 Å². The summed E-state index contributed by atoms with van der Waals surface area (Å²) in [7, 11) is 2.12. The fourth-order valence-electron chi connectivity index (χ4n) is 2.71. The van der Waals surface area contributed by atoms with Crippen LogP contribution in [-0.2, 0) is 11.3 Å². The summed E-state index contributed by atoms with van der Waals surface area (Å²) >= 11 is 0.